The Morgan fingerprint density at radius 1 is 1.26 bits per heavy atom. The van der Waals surface area contributed by atoms with E-state index in [0.717, 1.165) is 9.17 Å². The largest absolute Gasteiger partial charge is 0.465 e. The van der Waals surface area contributed by atoms with Crippen molar-refractivity contribution in [3.05, 3.63) is 57.0 Å². The number of ether oxygens (including phenoxy) is 1. The molecule has 1 heterocycles. The number of rotatable bonds is 3. The molecule has 0 unspecified atom stereocenters. The number of halogens is 2. The number of thiocarbonyl (C=S) groups is 1. The minimum atomic E-state index is -0.437. The van der Waals surface area contributed by atoms with Crippen LogP contribution in [0, 0.1) is 0 Å². The van der Waals surface area contributed by atoms with Gasteiger partial charge in [-0.1, -0.05) is 38.9 Å². The van der Waals surface area contributed by atoms with E-state index in [1.54, 1.807) is 36.4 Å². The standard InChI is InChI=1S/C17H11BrClN3O3S2/c1-25-15(24)8-2-5-12-13(6-8)27-17(20-12)22-16(26)21-14(23)10-7-9(18)3-4-11(10)19/h2-7H,1H3,(H2,20,21,22,23,26). The molecule has 2 N–H and O–H groups in total. The highest BCUT2D eigenvalue weighted by Crippen LogP contribution is 2.27. The van der Waals surface area contributed by atoms with Crippen molar-refractivity contribution in [1.29, 1.82) is 0 Å². The Hall–Kier alpha value is -2.07. The third kappa shape index (κ3) is 4.62. The summed E-state index contributed by atoms with van der Waals surface area (Å²) in [6, 6.07) is 9.99. The number of anilines is 1. The van der Waals surface area contributed by atoms with Crippen LogP contribution in [0.4, 0.5) is 5.13 Å². The molecular weight excluding hydrogens is 474 g/mol. The molecule has 6 nitrogen and oxygen atoms in total. The first kappa shape index (κ1) is 19.7. The van der Waals surface area contributed by atoms with Gasteiger partial charge in [0.25, 0.3) is 5.91 Å². The number of fused-ring (bicyclic) bond motifs is 1. The maximum absolute atomic E-state index is 12.3. The van der Waals surface area contributed by atoms with Crippen molar-refractivity contribution in [2.45, 2.75) is 0 Å². The minimum Gasteiger partial charge on any atom is -0.465 e. The Balaban J connectivity index is 1.73. The average molecular weight is 485 g/mol. The minimum absolute atomic E-state index is 0.0864. The van der Waals surface area contributed by atoms with Gasteiger partial charge in [-0.05, 0) is 48.6 Å². The summed E-state index contributed by atoms with van der Waals surface area (Å²) in [5.74, 6) is -0.860. The lowest BCUT2D eigenvalue weighted by molar-refractivity contribution is 0.0601. The zero-order chi connectivity index (χ0) is 19.6. The van der Waals surface area contributed by atoms with Crippen LogP contribution in [-0.2, 0) is 4.74 Å². The average Bonchev–Trinajstić information content (AvgIpc) is 3.03. The van der Waals surface area contributed by atoms with Crippen molar-refractivity contribution in [2.75, 3.05) is 12.4 Å². The van der Waals surface area contributed by atoms with Crippen molar-refractivity contribution in [2.24, 2.45) is 0 Å². The van der Waals surface area contributed by atoms with Gasteiger partial charge in [0.15, 0.2) is 10.2 Å². The Morgan fingerprint density at radius 2 is 2.04 bits per heavy atom. The first-order chi connectivity index (χ1) is 12.9. The number of carbonyl (C=O) groups excluding carboxylic acids is 2. The molecule has 27 heavy (non-hydrogen) atoms. The molecule has 0 fully saturated rings. The first-order valence-corrected chi connectivity index (χ1v) is 9.83. The highest BCUT2D eigenvalue weighted by molar-refractivity contribution is 9.10. The number of nitrogens with one attached hydrogen (secondary N) is 2. The molecule has 0 aliphatic rings. The number of amides is 1. The molecule has 0 bridgehead atoms. The van der Waals surface area contributed by atoms with E-state index in [4.69, 9.17) is 28.6 Å². The topological polar surface area (TPSA) is 80.3 Å². The number of benzene rings is 2. The number of hydrogen-bond donors (Lipinski definition) is 2. The maximum atomic E-state index is 12.3. The summed E-state index contributed by atoms with van der Waals surface area (Å²) in [7, 11) is 1.32. The second-order valence-electron chi connectivity index (χ2n) is 5.23. The van der Waals surface area contributed by atoms with Gasteiger partial charge in [0.1, 0.15) is 0 Å². The quantitative estimate of drug-likeness (QED) is 0.417. The van der Waals surface area contributed by atoms with Crippen LogP contribution in [0.25, 0.3) is 10.2 Å². The van der Waals surface area contributed by atoms with Gasteiger partial charge in [-0.25, -0.2) is 9.78 Å². The van der Waals surface area contributed by atoms with Crippen LogP contribution in [0.3, 0.4) is 0 Å². The van der Waals surface area contributed by atoms with Gasteiger partial charge in [-0.15, -0.1) is 0 Å². The molecule has 0 atom stereocenters. The third-order valence-corrected chi connectivity index (χ3v) is 5.39. The zero-order valence-electron chi connectivity index (χ0n) is 13.7. The van der Waals surface area contributed by atoms with Gasteiger partial charge in [-0.3, -0.25) is 10.1 Å². The van der Waals surface area contributed by atoms with Gasteiger partial charge in [-0.2, -0.15) is 0 Å². The number of methoxy groups -OCH3 is 1. The molecule has 0 saturated carbocycles. The molecule has 138 valence electrons. The highest BCUT2D eigenvalue weighted by atomic mass is 79.9. The fourth-order valence-electron chi connectivity index (χ4n) is 2.19. The second-order valence-corrected chi connectivity index (χ2v) is 7.99. The predicted octanol–water partition coefficient (Wildman–Crippen LogP) is 4.63. The number of nitrogens with zero attached hydrogens (tertiary/aromatic N) is 1. The Kier molecular flexibility index (Phi) is 6.05. The fourth-order valence-corrected chi connectivity index (χ4v) is 3.92. The number of esters is 1. The Labute approximate surface area is 177 Å². The van der Waals surface area contributed by atoms with Gasteiger partial charge in [0, 0.05) is 4.47 Å². The van der Waals surface area contributed by atoms with E-state index in [2.05, 4.69) is 31.5 Å². The summed E-state index contributed by atoms with van der Waals surface area (Å²) in [5.41, 5.74) is 1.42. The van der Waals surface area contributed by atoms with Gasteiger partial charge in [0.05, 0.1) is 33.5 Å². The molecule has 3 rings (SSSR count). The summed E-state index contributed by atoms with van der Waals surface area (Å²) in [5, 5.41) is 6.31. The third-order valence-electron chi connectivity index (χ3n) is 3.43. The van der Waals surface area contributed by atoms with E-state index in [1.807, 2.05) is 0 Å². The van der Waals surface area contributed by atoms with Crippen LogP contribution in [0.5, 0.6) is 0 Å². The van der Waals surface area contributed by atoms with Crippen molar-refractivity contribution in [3.63, 3.8) is 0 Å². The van der Waals surface area contributed by atoms with E-state index in [9.17, 15) is 9.59 Å². The lowest BCUT2D eigenvalue weighted by atomic mass is 10.2. The Bertz CT molecular complexity index is 1070. The lowest BCUT2D eigenvalue weighted by Gasteiger charge is -2.08. The molecule has 0 spiro atoms. The van der Waals surface area contributed by atoms with E-state index in [1.165, 1.54) is 18.4 Å². The van der Waals surface area contributed by atoms with E-state index in [0.29, 0.717) is 26.8 Å². The summed E-state index contributed by atoms with van der Waals surface area (Å²) in [6.07, 6.45) is 0. The van der Waals surface area contributed by atoms with Gasteiger partial charge < -0.3 is 10.1 Å². The van der Waals surface area contributed by atoms with E-state index < -0.39 is 11.9 Å². The summed E-state index contributed by atoms with van der Waals surface area (Å²) in [6.45, 7) is 0. The van der Waals surface area contributed by atoms with Crippen LogP contribution in [-0.4, -0.2) is 29.1 Å². The SMILES string of the molecule is COC(=O)c1ccc2nc(NC(=S)NC(=O)c3cc(Br)ccc3Cl)sc2c1. The van der Waals surface area contributed by atoms with Crippen LogP contribution in [0.2, 0.25) is 5.02 Å². The molecule has 10 heteroatoms. The number of hydrogen-bond acceptors (Lipinski definition) is 6. The lowest BCUT2D eigenvalue weighted by Crippen LogP contribution is -2.34. The monoisotopic (exact) mass is 483 g/mol. The molecule has 2 aromatic carbocycles. The van der Waals surface area contributed by atoms with Crippen LogP contribution < -0.4 is 10.6 Å². The van der Waals surface area contributed by atoms with Gasteiger partial charge >= 0.3 is 5.97 Å². The van der Waals surface area contributed by atoms with Crippen molar-refractivity contribution < 1.29 is 14.3 Å². The molecule has 0 radical (unpaired) electrons. The second kappa shape index (κ2) is 8.30. The highest BCUT2D eigenvalue weighted by Gasteiger charge is 2.14. The van der Waals surface area contributed by atoms with E-state index in [-0.39, 0.29) is 5.11 Å². The molecular formula is C17H11BrClN3O3S2. The van der Waals surface area contributed by atoms with Crippen molar-refractivity contribution >= 4 is 83.4 Å². The molecule has 3 aromatic rings. The van der Waals surface area contributed by atoms with Crippen molar-refractivity contribution in [1.82, 2.24) is 10.3 Å². The number of thiazole rings is 1. The molecule has 0 aliphatic heterocycles. The normalized spacial score (nSPS) is 10.5. The summed E-state index contributed by atoms with van der Waals surface area (Å²) >= 11 is 15.8. The first-order valence-electron chi connectivity index (χ1n) is 7.43. The molecule has 0 aliphatic carbocycles. The zero-order valence-corrected chi connectivity index (χ0v) is 17.7. The fraction of sp³-hybridized carbons (Fsp3) is 0.0588. The van der Waals surface area contributed by atoms with Crippen LogP contribution in [0.15, 0.2) is 40.9 Å². The summed E-state index contributed by atoms with van der Waals surface area (Å²) in [4.78, 5) is 28.3. The van der Waals surface area contributed by atoms with Gasteiger partial charge in [0.2, 0.25) is 0 Å². The smallest absolute Gasteiger partial charge is 0.337 e. The molecule has 1 amide bonds. The van der Waals surface area contributed by atoms with Crippen LogP contribution >= 0.6 is 51.1 Å². The van der Waals surface area contributed by atoms with Crippen molar-refractivity contribution in [3.8, 4) is 0 Å². The maximum Gasteiger partial charge on any atom is 0.337 e. The molecule has 1 aromatic heterocycles. The predicted molar refractivity (Wildman–Crippen MR) is 114 cm³/mol. The number of aromatic nitrogens is 1. The Morgan fingerprint density at radius 3 is 2.78 bits per heavy atom. The number of carbonyl (C=O) groups is 2. The van der Waals surface area contributed by atoms with E-state index >= 15 is 0 Å². The van der Waals surface area contributed by atoms with Crippen LogP contribution in [0.1, 0.15) is 20.7 Å². The summed E-state index contributed by atoms with van der Waals surface area (Å²) < 4.78 is 6.22. The molecule has 0 saturated heterocycles.